The number of carbonyl (C=O) groups is 3. The summed E-state index contributed by atoms with van der Waals surface area (Å²) in [4.78, 5) is 40.6. The van der Waals surface area contributed by atoms with E-state index in [1.807, 2.05) is 31.2 Å². The molecule has 1 aliphatic heterocycles. The monoisotopic (exact) mass is 548 g/mol. The van der Waals surface area contributed by atoms with Crippen LogP contribution in [0.5, 0.6) is 0 Å². The highest BCUT2D eigenvalue weighted by Crippen LogP contribution is 2.21. The van der Waals surface area contributed by atoms with Crippen LogP contribution in [0.15, 0.2) is 48.5 Å². The van der Waals surface area contributed by atoms with Crippen molar-refractivity contribution in [3.05, 3.63) is 70.8 Å². The van der Waals surface area contributed by atoms with E-state index in [9.17, 15) is 14.4 Å². The van der Waals surface area contributed by atoms with Crippen LogP contribution in [0, 0.1) is 11.8 Å². The van der Waals surface area contributed by atoms with E-state index in [2.05, 4.69) is 24.1 Å². The lowest BCUT2D eigenvalue weighted by Crippen LogP contribution is -2.62. The maximum absolute atomic E-state index is 13.3. The van der Waals surface area contributed by atoms with Gasteiger partial charge in [0, 0.05) is 44.0 Å². The van der Waals surface area contributed by atoms with E-state index in [1.54, 1.807) is 24.3 Å². The molecule has 0 bridgehead atoms. The average Bonchev–Trinajstić information content (AvgIpc) is 3.00. The van der Waals surface area contributed by atoms with Gasteiger partial charge in [0.15, 0.2) is 17.6 Å². The van der Waals surface area contributed by atoms with Gasteiger partial charge < -0.3 is 24.4 Å². The van der Waals surface area contributed by atoms with Crippen molar-refractivity contribution in [2.45, 2.75) is 64.4 Å². The smallest absolute Gasteiger partial charge is 0.254 e. The number of hydrogen-bond acceptors (Lipinski definition) is 6. The number of ketones is 1. The van der Waals surface area contributed by atoms with E-state index < -0.39 is 29.4 Å². The lowest BCUT2D eigenvalue weighted by molar-refractivity contribution is -0.174. The van der Waals surface area contributed by atoms with Gasteiger partial charge in [0.25, 0.3) is 11.8 Å². The van der Waals surface area contributed by atoms with E-state index in [1.165, 1.54) is 21.0 Å². The molecular weight excluding hydrogens is 508 g/mol. The highest BCUT2D eigenvalue weighted by Gasteiger charge is 2.46. The summed E-state index contributed by atoms with van der Waals surface area (Å²) in [5.74, 6) is 4.65. The Bertz CT molecular complexity index is 1210. The number of carbonyl (C=O) groups excluding carboxylic acids is 3. The summed E-state index contributed by atoms with van der Waals surface area (Å²) in [5, 5.41) is 2.51. The second-order valence-electron chi connectivity index (χ2n) is 10.0. The van der Waals surface area contributed by atoms with E-state index in [0.29, 0.717) is 18.6 Å². The zero-order valence-corrected chi connectivity index (χ0v) is 24.1. The maximum Gasteiger partial charge on any atom is 0.254 e. The Hall–Kier alpha value is -3.51. The third-order valence-corrected chi connectivity index (χ3v) is 7.16. The second kappa shape index (κ2) is 14.8. The van der Waals surface area contributed by atoms with Crippen molar-refractivity contribution in [3.8, 4) is 11.8 Å². The number of ether oxygens (including phenoxy) is 3. The molecule has 8 nitrogen and oxygen atoms in total. The molecule has 1 aliphatic rings. The predicted octanol–water partition coefficient (Wildman–Crippen LogP) is 4.26. The minimum absolute atomic E-state index is 0.0316. The number of Topliss-reactive ketones (excluding diaryl/α,β-unsaturated/α-hetero) is 1. The molecule has 8 heteroatoms. The summed E-state index contributed by atoms with van der Waals surface area (Å²) in [6.07, 6.45) is 3.11. The fourth-order valence-corrected chi connectivity index (χ4v) is 4.33. The maximum atomic E-state index is 13.3. The number of benzene rings is 2. The van der Waals surface area contributed by atoms with Crippen LogP contribution in [0.1, 0.15) is 79.6 Å². The number of nitrogens with one attached hydrogen (secondary N) is 1. The molecule has 40 heavy (non-hydrogen) atoms. The Labute approximate surface area is 237 Å². The Morgan fingerprint density at radius 3 is 2.25 bits per heavy atom. The molecule has 1 fully saturated rings. The van der Waals surface area contributed by atoms with Crippen molar-refractivity contribution in [2.24, 2.45) is 0 Å². The number of hydrogen-bond donors (Lipinski definition) is 1. The molecule has 2 aromatic rings. The topological polar surface area (TPSA) is 94.2 Å². The minimum atomic E-state index is -1.76. The summed E-state index contributed by atoms with van der Waals surface area (Å²) < 4.78 is 16.9. The van der Waals surface area contributed by atoms with Gasteiger partial charge in [0.2, 0.25) is 0 Å². The van der Waals surface area contributed by atoms with Crippen LogP contribution in [-0.2, 0) is 23.8 Å². The van der Waals surface area contributed by atoms with Crippen molar-refractivity contribution >= 4 is 17.6 Å². The van der Waals surface area contributed by atoms with Gasteiger partial charge in [-0.15, -0.1) is 0 Å². The molecule has 0 saturated carbocycles. The zero-order chi connectivity index (χ0) is 29.1. The van der Waals surface area contributed by atoms with Crippen LogP contribution in [0.2, 0.25) is 0 Å². The van der Waals surface area contributed by atoms with Crippen molar-refractivity contribution in [2.75, 3.05) is 33.9 Å². The quantitative estimate of drug-likeness (QED) is 0.333. The van der Waals surface area contributed by atoms with Gasteiger partial charge in [-0.2, -0.15) is 0 Å². The SMILES string of the molecule is CCCOC(C)c1ccc(C#Cc2ccc(C(=O)N(C)[C@](C)(C(=O)COC3CCCCO3)C(=O)NC)cc2)cc1. The zero-order valence-electron chi connectivity index (χ0n) is 24.1. The van der Waals surface area contributed by atoms with Crippen molar-refractivity contribution in [1.82, 2.24) is 10.2 Å². The van der Waals surface area contributed by atoms with E-state index >= 15 is 0 Å². The van der Waals surface area contributed by atoms with Crippen molar-refractivity contribution < 1.29 is 28.6 Å². The van der Waals surface area contributed by atoms with Crippen molar-refractivity contribution in [3.63, 3.8) is 0 Å². The molecule has 1 N–H and O–H groups in total. The third kappa shape index (κ3) is 7.79. The van der Waals surface area contributed by atoms with Crippen LogP contribution < -0.4 is 5.32 Å². The predicted molar refractivity (Wildman–Crippen MR) is 153 cm³/mol. The molecule has 2 aromatic carbocycles. The molecule has 1 heterocycles. The Morgan fingerprint density at radius 1 is 1.07 bits per heavy atom. The van der Waals surface area contributed by atoms with Crippen molar-refractivity contribution in [1.29, 1.82) is 0 Å². The summed E-state index contributed by atoms with van der Waals surface area (Å²) in [6.45, 7) is 6.50. The third-order valence-electron chi connectivity index (χ3n) is 7.16. The summed E-state index contributed by atoms with van der Waals surface area (Å²) >= 11 is 0. The molecule has 0 aromatic heterocycles. The first-order valence-corrected chi connectivity index (χ1v) is 13.8. The molecule has 0 aliphatic carbocycles. The number of amides is 2. The Balaban J connectivity index is 1.68. The largest absolute Gasteiger partial charge is 0.374 e. The lowest BCUT2D eigenvalue weighted by atomic mass is 9.92. The first kappa shape index (κ1) is 31.0. The molecule has 3 atom stereocenters. The molecule has 2 unspecified atom stereocenters. The van der Waals surface area contributed by atoms with E-state index in [4.69, 9.17) is 14.2 Å². The summed E-state index contributed by atoms with van der Waals surface area (Å²) in [7, 11) is 2.87. The van der Waals surface area contributed by atoms with Gasteiger partial charge >= 0.3 is 0 Å². The average molecular weight is 549 g/mol. The summed E-state index contributed by atoms with van der Waals surface area (Å²) in [6, 6.07) is 14.7. The number of likely N-dealkylation sites (N-methyl/N-ethyl adjacent to an activating group) is 2. The Morgan fingerprint density at radius 2 is 1.70 bits per heavy atom. The van der Waals surface area contributed by atoms with Gasteiger partial charge in [-0.05, 0) is 81.5 Å². The normalized spacial score (nSPS) is 17.1. The first-order valence-electron chi connectivity index (χ1n) is 13.8. The van der Waals surface area contributed by atoms with Gasteiger partial charge in [0.05, 0.1) is 6.10 Å². The number of nitrogens with zero attached hydrogens (tertiary/aromatic N) is 1. The van der Waals surface area contributed by atoms with E-state index in [0.717, 1.165) is 47.5 Å². The standard InChI is InChI=1S/C32H40N2O6/c1-6-20-38-23(2)26-16-12-24(13-17-26)10-11-25-14-18-27(19-15-25)30(36)34(5)32(3,31(37)33-4)28(35)22-40-29-9-7-8-21-39-29/h12-19,23,29H,6-9,20-22H2,1-5H3,(H,33,37)/t23?,29?,32-/m1/s1. The molecular formula is C32H40N2O6. The molecule has 2 amide bonds. The minimum Gasteiger partial charge on any atom is -0.374 e. The Kier molecular flexibility index (Phi) is 11.4. The van der Waals surface area contributed by atoms with Crippen LogP contribution >= 0.6 is 0 Å². The highest BCUT2D eigenvalue weighted by molar-refractivity contribution is 6.14. The van der Waals surface area contributed by atoms with Crippen LogP contribution in [0.3, 0.4) is 0 Å². The van der Waals surface area contributed by atoms with Gasteiger partial charge in [-0.1, -0.05) is 30.9 Å². The first-order chi connectivity index (χ1) is 19.2. The van der Waals surface area contributed by atoms with Crippen LogP contribution in [0.25, 0.3) is 0 Å². The fraction of sp³-hybridized carbons (Fsp3) is 0.469. The molecule has 214 valence electrons. The lowest BCUT2D eigenvalue weighted by Gasteiger charge is -2.36. The van der Waals surface area contributed by atoms with Gasteiger partial charge in [-0.3, -0.25) is 14.4 Å². The fourth-order valence-electron chi connectivity index (χ4n) is 4.33. The van der Waals surface area contributed by atoms with Crippen LogP contribution in [0.4, 0.5) is 0 Å². The van der Waals surface area contributed by atoms with Gasteiger partial charge in [-0.25, -0.2) is 0 Å². The molecule has 0 radical (unpaired) electrons. The van der Waals surface area contributed by atoms with Crippen LogP contribution in [-0.4, -0.2) is 68.2 Å². The molecule has 0 spiro atoms. The second-order valence-corrected chi connectivity index (χ2v) is 10.0. The van der Waals surface area contributed by atoms with E-state index in [-0.39, 0.29) is 12.7 Å². The number of rotatable bonds is 11. The highest BCUT2D eigenvalue weighted by atomic mass is 16.7. The molecule has 3 rings (SSSR count). The summed E-state index contributed by atoms with van der Waals surface area (Å²) in [5.41, 5.74) is 1.27. The molecule has 1 saturated heterocycles. The van der Waals surface area contributed by atoms with Gasteiger partial charge in [0.1, 0.15) is 6.61 Å².